The number of carbonyl (C=O) groups excluding carboxylic acids is 1. The third kappa shape index (κ3) is 5.17. The number of carbonyl (C=O) groups is 1. The van der Waals surface area contributed by atoms with Crippen LogP contribution < -0.4 is 19.3 Å². The first-order valence-corrected chi connectivity index (χ1v) is 10.7. The number of hydrogen-bond donors (Lipinski definition) is 2. The molecule has 2 aliphatic heterocycles. The molecule has 0 aromatic heterocycles. The fourth-order valence-electron chi connectivity index (χ4n) is 4.53. The second kappa shape index (κ2) is 9.61. The third-order valence-corrected chi connectivity index (χ3v) is 6.36. The Labute approximate surface area is 169 Å². The van der Waals surface area contributed by atoms with Crippen molar-refractivity contribution in [1.29, 1.82) is 0 Å². The van der Waals surface area contributed by atoms with E-state index in [9.17, 15) is 4.79 Å². The van der Waals surface area contributed by atoms with E-state index >= 15 is 0 Å². The van der Waals surface area contributed by atoms with E-state index in [0.29, 0.717) is 18.4 Å². The van der Waals surface area contributed by atoms with Crippen molar-refractivity contribution in [2.45, 2.75) is 33.2 Å². The minimum absolute atomic E-state index is 0.348. The van der Waals surface area contributed by atoms with Crippen molar-refractivity contribution in [3.8, 4) is 11.5 Å². The molecule has 2 N–H and O–H groups in total. The van der Waals surface area contributed by atoms with E-state index in [0.717, 1.165) is 63.7 Å². The van der Waals surface area contributed by atoms with Crippen LogP contribution in [0.4, 0.5) is 0 Å². The number of quaternary nitrogens is 2. The van der Waals surface area contributed by atoms with Crippen molar-refractivity contribution >= 4 is 5.91 Å². The number of benzene rings is 1. The first kappa shape index (κ1) is 20.9. The highest BCUT2D eigenvalue weighted by Crippen LogP contribution is 2.29. The van der Waals surface area contributed by atoms with E-state index in [1.807, 2.05) is 0 Å². The molecule has 1 aromatic carbocycles. The molecule has 0 bridgehead atoms. The Balaban J connectivity index is 1.50. The summed E-state index contributed by atoms with van der Waals surface area (Å²) < 4.78 is 10.9. The SMILES string of the molecule is COc1cc(C)c(C[NH+]2CC[NH+](CC(=O)N3CCC[C@H](C)C3)CC2)cc1OC. The summed E-state index contributed by atoms with van der Waals surface area (Å²) in [7, 11) is 3.36. The van der Waals surface area contributed by atoms with Crippen molar-refractivity contribution in [3.63, 3.8) is 0 Å². The molecule has 1 amide bonds. The molecular formula is C22H37N3O3+2. The van der Waals surface area contributed by atoms with E-state index in [1.165, 1.54) is 22.4 Å². The van der Waals surface area contributed by atoms with E-state index in [1.54, 1.807) is 19.1 Å². The Morgan fingerprint density at radius 1 is 1.11 bits per heavy atom. The molecule has 0 saturated carbocycles. The van der Waals surface area contributed by atoms with Gasteiger partial charge in [-0.1, -0.05) is 6.92 Å². The van der Waals surface area contributed by atoms with Gasteiger partial charge in [-0.25, -0.2) is 0 Å². The van der Waals surface area contributed by atoms with Gasteiger partial charge in [-0.05, 0) is 43.4 Å². The first-order chi connectivity index (χ1) is 13.5. The van der Waals surface area contributed by atoms with Crippen LogP contribution in [0.1, 0.15) is 30.9 Å². The second-order valence-electron chi connectivity index (χ2n) is 8.57. The van der Waals surface area contributed by atoms with Crippen molar-refractivity contribution in [2.24, 2.45) is 5.92 Å². The molecule has 1 aromatic rings. The molecule has 2 fully saturated rings. The number of hydrogen-bond acceptors (Lipinski definition) is 3. The maximum absolute atomic E-state index is 12.6. The minimum Gasteiger partial charge on any atom is -0.493 e. The summed E-state index contributed by atoms with van der Waals surface area (Å²) >= 11 is 0. The number of piperazine rings is 1. The van der Waals surface area contributed by atoms with E-state index in [2.05, 4.69) is 30.9 Å². The van der Waals surface area contributed by atoms with Gasteiger partial charge in [-0.2, -0.15) is 0 Å². The minimum atomic E-state index is 0.348. The van der Waals surface area contributed by atoms with Crippen LogP contribution >= 0.6 is 0 Å². The lowest BCUT2D eigenvalue weighted by Crippen LogP contribution is -3.28. The van der Waals surface area contributed by atoms with E-state index in [-0.39, 0.29) is 0 Å². The number of rotatable bonds is 6. The predicted octanol–water partition coefficient (Wildman–Crippen LogP) is -0.446. The van der Waals surface area contributed by atoms with Gasteiger partial charge in [-0.15, -0.1) is 0 Å². The molecule has 3 rings (SSSR count). The van der Waals surface area contributed by atoms with Crippen LogP contribution in [0.25, 0.3) is 0 Å². The number of aryl methyl sites for hydroxylation is 1. The Hall–Kier alpha value is -1.79. The molecule has 0 radical (unpaired) electrons. The molecule has 0 aliphatic carbocycles. The molecule has 6 nitrogen and oxygen atoms in total. The summed E-state index contributed by atoms with van der Waals surface area (Å²) in [6.45, 7) is 12.3. The number of amides is 1. The number of nitrogens with zero attached hydrogens (tertiary/aromatic N) is 1. The summed E-state index contributed by atoms with van der Waals surface area (Å²) in [6, 6.07) is 4.18. The molecule has 0 spiro atoms. The molecule has 0 unspecified atom stereocenters. The lowest BCUT2D eigenvalue weighted by molar-refractivity contribution is -1.02. The van der Waals surface area contributed by atoms with Crippen molar-refractivity contribution < 1.29 is 24.1 Å². The van der Waals surface area contributed by atoms with E-state index < -0.39 is 0 Å². The molecule has 156 valence electrons. The van der Waals surface area contributed by atoms with Gasteiger partial charge in [0.2, 0.25) is 0 Å². The molecular weight excluding hydrogens is 354 g/mol. The summed E-state index contributed by atoms with van der Waals surface area (Å²) in [6.07, 6.45) is 2.42. The fourth-order valence-corrected chi connectivity index (χ4v) is 4.53. The third-order valence-electron chi connectivity index (χ3n) is 6.36. The molecule has 2 heterocycles. The number of ether oxygens (including phenoxy) is 2. The highest BCUT2D eigenvalue weighted by Gasteiger charge is 2.29. The van der Waals surface area contributed by atoms with Crippen LogP contribution in [0, 0.1) is 12.8 Å². The van der Waals surface area contributed by atoms with Gasteiger partial charge >= 0.3 is 0 Å². The Morgan fingerprint density at radius 3 is 2.39 bits per heavy atom. The Morgan fingerprint density at radius 2 is 1.75 bits per heavy atom. The normalized spacial score (nSPS) is 25.4. The standard InChI is InChI=1S/C22H35N3O3/c1-17-6-5-7-25(14-17)22(26)16-24-10-8-23(9-11-24)15-19-13-21(28-4)20(27-3)12-18(19)2/h12-13,17H,5-11,14-16H2,1-4H3/p+2/t17-/m0/s1. The zero-order valence-electron chi connectivity index (χ0n) is 18.0. The number of likely N-dealkylation sites (tertiary alicyclic amines) is 1. The van der Waals surface area contributed by atoms with Gasteiger partial charge in [0, 0.05) is 18.7 Å². The largest absolute Gasteiger partial charge is 0.493 e. The van der Waals surface area contributed by atoms with Gasteiger partial charge < -0.3 is 24.2 Å². The smallest absolute Gasteiger partial charge is 0.277 e. The molecule has 28 heavy (non-hydrogen) atoms. The van der Waals surface area contributed by atoms with Gasteiger partial charge in [0.15, 0.2) is 18.0 Å². The Bertz CT molecular complexity index is 671. The Kier molecular flexibility index (Phi) is 7.18. The van der Waals surface area contributed by atoms with Gasteiger partial charge in [0.25, 0.3) is 5.91 Å². The van der Waals surface area contributed by atoms with Crippen LogP contribution in [0.2, 0.25) is 0 Å². The maximum Gasteiger partial charge on any atom is 0.277 e. The number of nitrogens with one attached hydrogen (secondary N) is 2. The summed E-state index contributed by atoms with van der Waals surface area (Å²) in [5.41, 5.74) is 2.56. The maximum atomic E-state index is 12.6. The van der Waals surface area contributed by atoms with E-state index in [4.69, 9.17) is 9.47 Å². The first-order valence-electron chi connectivity index (χ1n) is 10.7. The van der Waals surface area contributed by atoms with Crippen LogP contribution in [-0.2, 0) is 11.3 Å². The van der Waals surface area contributed by atoms with Gasteiger partial charge in [-0.3, -0.25) is 4.79 Å². The molecule has 2 aliphatic rings. The predicted molar refractivity (Wildman–Crippen MR) is 109 cm³/mol. The van der Waals surface area contributed by atoms with Crippen molar-refractivity contribution in [1.82, 2.24) is 4.90 Å². The van der Waals surface area contributed by atoms with Crippen molar-refractivity contribution in [2.75, 3.05) is 60.0 Å². The summed E-state index contributed by atoms with van der Waals surface area (Å²) in [4.78, 5) is 17.7. The molecule has 2 saturated heterocycles. The van der Waals surface area contributed by atoms with Crippen LogP contribution in [0.3, 0.4) is 0 Å². The summed E-state index contributed by atoms with van der Waals surface area (Å²) in [5.74, 6) is 2.59. The second-order valence-corrected chi connectivity index (χ2v) is 8.57. The number of piperidine rings is 1. The zero-order chi connectivity index (χ0) is 20.1. The quantitative estimate of drug-likeness (QED) is 0.691. The van der Waals surface area contributed by atoms with Gasteiger partial charge in [0.05, 0.1) is 14.2 Å². The lowest BCUT2D eigenvalue weighted by Gasteiger charge is -2.34. The van der Waals surface area contributed by atoms with Crippen LogP contribution in [-0.4, -0.2) is 70.8 Å². The monoisotopic (exact) mass is 391 g/mol. The average Bonchev–Trinajstić information content (AvgIpc) is 2.70. The topological polar surface area (TPSA) is 47.7 Å². The number of methoxy groups -OCH3 is 2. The zero-order valence-corrected chi connectivity index (χ0v) is 18.0. The lowest BCUT2D eigenvalue weighted by atomic mass is 10.0. The average molecular weight is 392 g/mol. The highest BCUT2D eigenvalue weighted by atomic mass is 16.5. The van der Waals surface area contributed by atoms with Gasteiger partial charge in [0.1, 0.15) is 32.7 Å². The van der Waals surface area contributed by atoms with Crippen molar-refractivity contribution in [3.05, 3.63) is 23.3 Å². The fraction of sp³-hybridized carbons (Fsp3) is 0.682. The summed E-state index contributed by atoms with van der Waals surface area (Å²) in [5, 5.41) is 0. The van der Waals surface area contributed by atoms with Crippen LogP contribution in [0.5, 0.6) is 11.5 Å². The van der Waals surface area contributed by atoms with Crippen LogP contribution in [0.15, 0.2) is 12.1 Å². The molecule has 1 atom stereocenters. The molecule has 6 heteroatoms. The highest BCUT2D eigenvalue weighted by molar-refractivity contribution is 5.77.